The number of nitrogens with two attached hydrogens (primary N) is 2. The first-order chi connectivity index (χ1) is 8.15. The molecule has 1 aliphatic rings. The molecule has 0 unspecified atom stereocenters. The Labute approximate surface area is 97.5 Å². The second-order valence-corrected chi connectivity index (χ2v) is 4.19. The van der Waals surface area contributed by atoms with Gasteiger partial charge in [-0.2, -0.15) is 0 Å². The van der Waals surface area contributed by atoms with Gasteiger partial charge in [0.1, 0.15) is 0 Å². The molecule has 0 saturated carbocycles. The normalized spacial score (nSPS) is 12.9. The van der Waals surface area contributed by atoms with Crippen LogP contribution in [0.3, 0.4) is 0 Å². The van der Waals surface area contributed by atoms with E-state index in [4.69, 9.17) is 11.5 Å². The zero-order chi connectivity index (χ0) is 12.0. The first-order valence-electron chi connectivity index (χ1n) is 5.42. The molecule has 1 aliphatic carbocycles. The van der Waals surface area contributed by atoms with Gasteiger partial charge in [0.05, 0.1) is 11.3 Å². The van der Waals surface area contributed by atoms with E-state index in [1.807, 2.05) is 18.2 Å². The van der Waals surface area contributed by atoms with E-state index in [1.54, 1.807) is 0 Å². The van der Waals surface area contributed by atoms with Crippen molar-refractivity contribution in [3.05, 3.63) is 39.8 Å². The van der Waals surface area contributed by atoms with Crippen molar-refractivity contribution in [2.24, 2.45) is 0 Å². The predicted octanol–water partition coefficient (Wildman–Crippen LogP) is 0.700. The van der Waals surface area contributed by atoms with E-state index in [1.165, 1.54) is 0 Å². The molecule has 0 bridgehead atoms. The van der Waals surface area contributed by atoms with E-state index in [9.17, 15) is 4.79 Å². The molecule has 5 nitrogen and oxygen atoms in total. The van der Waals surface area contributed by atoms with Gasteiger partial charge < -0.3 is 11.5 Å². The fraction of sp³-hybridized carbons (Fsp3) is 0.167. The summed E-state index contributed by atoms with van der Waals surface area (Å²) in [5, 5.41) is 0. The Balaban J connectivity index is 2.36. The lowest BCUT2D eigenvalue weighted by Gasteiger charge is -2.18. The summed E-state index contributed by atoms with van der Waals surface area (Å²) >= 11 is 0. The summed E-state index contributed by atoms with van der Waals surface area (Å²) in [6.45, 7) is 0. The standard InChI is InChI=1S/C12H12N4O/c13-7-3-1-6-2-4-9-10(8(6)5-7)11(17)16-12(14)15-9/h1,3,5H,2,4,13H2,(H3,14,15,16,17). The zero-order valence-corrected chi connectivity index (χ0v) is 9.16. The number of aromatic nitrogens is 2. The molecule has 0 fully saturated rings. The Morgan fingerprint density at radius 2 is 2.06 bits per heavy atom. The van der Waals surface area contributed by atoms with Crippen molar-refractivity contribution in [1.82, 2.24) is 9.97 Å². The van der Waals surface area contributed by atoms with Crippen LogP contribution in [0.4, 0.5) is 11.6 Å². The number of nitrogen functional groups attached to an aromatic ring is 2. The molecule has 0 amide bonds. The number of anilines is 2. The lowest BCUT2D eigenvalue weighted by molar-refractivity contribution is 0.880. The third-order valence-corrected chi connectivity index (χ3v) is 3.05. The second-order valence-electron chi connectivity index (χ2n) is 4.19. The van der Waals surface area contributed by atoms with E-state index in [0.29, 0.717) is 11.3 Å². The van der Waals surface area contributed by atoms with Gasteiger partial charge in [0.2, 0.25) is 5.95 Å². The van der Waals surface area contributed by atoms with Crippen molar-refractivity contribution >= 4 is 11.6 Å². The number of rotatable bonds is 0. The molecule has 2 aromatic rings. The molecule has 0 radical (unpaired) electrons. The summed E-state index contributed by atoms with van der Waals surface area (Å²) in [6, 6.07) is 5.63. The molecular weight excluding hydrogens is 216 g/mol. The van der Waals surface area contributed by atoms with Crippen molar-refractivity contribution in [2.45, 2.75) is 12.8 Å². The maximum absolute atomic E-state index is 11.9. The maximum Gasteiger partial charge on any atom is 0.260 e. The number of aromatic amines is 1. The van der Waals surface area contributed by atoms with Gasteiger partial charge in [0, 0.05) is 5.69 Å². The summed E-state index contributed by atoms with van der Waals surface area (Å²) in [7, 11) is 0. The maximum atomic E-state index is 11.9. The van der Waals surface area contributed by atoms with Gasteiger partial charge in [0.25, 0.3) is 5.56 Å². The van der Waals surface area contributed by atoms with Crippen molar-refractivity contribution in [2.75, 3.05) is 11.5 Å². The topological polar surface area (TPSA) is 97.8 Å². The summed E-state index contributed by atoms with van der Waals surface area (Å²) in [6.07, 6.45) is 1.60. The summed E-state index contributed by atoms with van der Waals surface area (Å²) in [4.78, 5) is 18.7. The van der Waals surface area contributed by atoms with Crippen LogP contribution in [0.5, 0.6) is 0 Å². The minimum atomic E-state index is -0.195. The lowest BCUT2D eigenvalue weighted by Crippen LogP contribution is -2.20. The second kappa shape index (κ2) is 3.35. The Bertz CT molecular complexity index is 660. The summed E-state index contributed by atoms with van der Waals surface area (Å²) in [5.74, 6) is 0.168. The Morgan fingerprint density at radius 1 is 1.24 bits per heavy atom. The SMILES string of the molecule is Nc1ccc2c(c1)-c1c(nc(N)[nH]c1=O)CC2. The van der Waals surface area contributed by atoms with Crippen LogP contribution in [0.25, 0.3) is 11.1 Å². The van der Waals surface area contributed by atoms with Gasteiger partial charge in [-0.25, -0.2) is 4.98 Å². The molecular formula is C12H12N4O. The molecule has 17 heavy (non-hydrogen) atoms. The number of nitrogens with zero attached hydrogens (tertiary/aromatic N) is 1. The number of benzene rings is 1. The van der Waals surface area contributed by atoms with Gasteiger partial charge in [-0.15, -0.1) is 0 Å². The molecule has 0 aliphatic heterocycles. The third kappa shape index (κ3) is 1.47. The highest BCUT2D eigenvalue weighted by Gasteiger charge is 2.20. The van der Waals surface area contributed by atoms with Gasteiger partial charge in [0.15, 0.2) is 0 Å². The average molecular weight is 228 g/mol. The van der Waals surface area contributed by atoms with E-state index >= 15 is 0 Å². The predicted molar refractivity (Wildman–Crippen MR) is 66.5 cm³/mol. The molecule has 3 rings (SSSR count). The highest BCUT2D eigenvalue weighted by molar-refractivity contribution is 5.74. The molecule has 5 heteroatoms. The Hall–Kier alpha value is -2.30. The van der Waals surface area contributed by atoms with Crippen LogP contribution in [-0.2, 0) is 12.8 Å². The van der Waals surface area contributed by atoms with E-state index in [0.717, 1.165) is 29.7 Å². The van der Waals surface area contributed by atoms with Crippen molar-refractivity contribution in [3.63, 3.8) is 0 Å². The van der Waals surface area contributed by atoms with Crippen molar-refractivity contribution in [1.29, 1.82) is 0 Å². The average Bonchev–Trinajstić information content (AvgIpc) is 2.27. The van der Waals surface area contributed by atoms with Crippen LogP contribution < -0.4 is 17.0 Å². The van der Waals surface area contributed by atoms with E-state index < -0.39 is 0 Å². The Kier molecular flexibility index (Phi) is 1.95. The Morgan fingerprint density at radius 3 is 2.88 bits per heavy atom. The van der Waals surface area contributed by atoms with Crippen molar-refractivity contribution < 1.29 is 0 Å². The summed E-state index contributed by atoms with van der Waals surface area (Å²) in [5.41, 5.74) is 15.1. The fourth-order valence-electron chi connectivity index (χ4n) is 2.30. The first-order valence-corrected chi connectivity index (χ1v) is 5.42. The fourth-order valence-corrected chi connectivity index (χ4v) is 2.30. The quantitative estimate of drug-likeness (QED) is 0.578. The molecule has 1 aromatic carbocycles. The van der Waals surface area contributed by atoms with Gasteiger partial charge in [-0.05, 0) is 36.1 Å². The highest BCUT2D eigenvalue weighted by Crippen LogP contribution is 2.31. The van der Waals surface area contributed by atoms with Gasteiger partial charge in [-0.3, -0.25) is 9.78 Å². The zero-order valence-electron chi connectivity index (χ0n) is 9.16. The van der Waals surface area contributed by atoms with Gasteiger partial charge in [-0.1, -0.05) is 6.07 Å². The number of fused-ring (bicyclic) bond motifs is 3. The van der Waals surface area contributed by atoms with Gasteiger partial charge >= 0.3 is 0 Å². The molecule has 0 saturated heterocycles. The molecule has 0 spiro atoms. The number of H-pyrrole nitrogens is 1. The number of nitrogens with one attached hydrogen (secondary N) is 1. The molecule has 86 valence electrons. The molecule has 1 heterocycles. The highest BCUT2D eigenvalue weighted by atomic mass is 16.1. The summed E-state index contributed by atoms with van der Waals surface area (Å²) < 4.78 is 0. The first kappa shape index (κ1) is 9.89. The number of aryl methyl sites for hydroxylation is 2. The molecule has 1 aromatic heterocycles. The monoisotopic (exact) mass is 228 g/mol. The van der Waals surface area contributed by atoms with Crippen LogP contribution in [0.1, 0.15) is 11.3 Å². The smallest absolute Gasteiger partial charge is 0.260 e. The lowest BCUT2D eigenvalue weighted by atomic mass is 9.89. The van der Waals surface area contributed by atoms with Crippen molar-refractivity contribution in [3.8, 4) is 11.1 Å². The number of hydrogen-bond donors (Lipinski definition) is 3. The minimum Gasteiger partial charge on any atom is -0.399 e. The largest absolute Gasteiger partial charge is 0.399 e. The van der Waals surface area contributed by atoms with Crippen LogP contribution in [0.2, 0.25) is 0 Å². The van der Waals surface area contributed by atoms with Crippen LogP contribution in [-0.4, -0.2) is 9.97 Å². The van der Waals surface area contributed by atoms with Crippen LogP contribution >= 0.6 is 0 Å². The van der Waals surface area contributed by atoms with E-state index in [2.05, 4.69) is 9.97 Å². The minimum absolute atomic E-state index is 0.168. The third-order valence-electron chi connectivity index (χ3n) is 3.05. The van der Waals surface area contributed by atoms with Crippen LogP contribution in [0, 0.1) is 0 Å². The molecule has 5 N–H and O–H groups in total. The molecule has 0 atom stereocenters. The number of hydrogen-bond acceptors (Lipinski definition) is 4. The van der Waals surface area contributed by atoms with Crippen LogP contribution in [0.15, 0.2) is 23.0 Å². The van der Waals surface area contributed by atoms with E-state index in [-0.39, 0.29) is 11.5 Å².